The number of anilines is 2. The van der Waals surface area contributed by atoms with E-state index < -0.39 is 5.91 Å². The average molecular weight is 554 g/mol. The van der Waals surface area contributed by atoms with E-state index >= 15 is 0 Å². The lowest BCUT2D eigenvalue weighted by molar-refractivity contribution is -0.116. The number of thiophene rings is 1. The van der Waals surface area contributed by atoms with Crippen LogP contribution in [0.4, 0.5) is 11.4 Å². The molecule has 4 aromatic rings. The minimum Gasteiger partial charge on any atom is -0.321 e. The van der Waals surface area contributed by atoms with Gasteiger partial charge < -0.3 is 15.5 Å². The van der Waals surface area contributed by atoms with Gasteiger partial charge in [-0.25, -0.2) is 0 Å². The number of hydrogen-bond donors (Lipinski definition) is 2. The van der Waals surface area contributed by atoms with E-state index in [2.05, 4.69) is 16.7 Å². The van der Waals surface area contributed by atoms with Crippen molar-refractivity contribution in [2.45, 2.75) is 17.7 Å². The largest absolute Gasteiger partial charge is 0.321 e. The number of aryl methyl sites for hydroxylation is 1. The number of rotatable bonds is 8. The molecule has 0 saturated heterocycles. The molecule has 0 spiro atoms. The molecule has 0 unspecified atom stereocenters. The molecule has 1 aliphatic heterocycles. The zero-order chi connectivity index (χ0) is 27.0. The van der Waals surface area contributed by atoms with Gasteiger partial charge >= 0.3 is 0 Å². The van der Waals surface area contributed by atoms with Crippen molar-refractivity contribution in [3.8, 4) is 0 Å². The standard InChI is InChI=1S/C31H27N3O3S2/c35-29(34-18-6-11-22-8-4-5-13-28(22)34)21-39-25-16-14-24(15-17-25)32-31(37)27(20-26-12-7-19-38-26)33-30(36)23-9-2-1-3-10-23/h1-5,7-10,12-17,19-20H,6,11,18,21H2,(H,32,37)(H,33,36)/b27-20-. The zero-order valence-electron chi connectivity index (χ0n) is 21.1. The van der Waals surface area contributed by atoms with Gasteiger partial charge in [0.1, 0.15) is 5.70 Å². The first-order chi connectivity index (χ1) is 19.1. The van der Waals surface area contributed by atoms with Crippen LogP contribution in [0.15, 0.2) is 107 Å². The van der Waals surface area contributed by atoms with Crippen LogP contribution >= 0.6 is 23.1 Å². The number of nitrogens with zero attached hydrogens (tertiary/aromatic N) is 1. The Hall–Kier alpha value is -4.14. The summed E-state index contributed by atoms with van der Waals surface area (Å²) in [5.41, 5.74) is 3.43. The monoisotopic (exact) mass is 553 g/mol. The number of carbonyl (C=O) groups excluding carboxylic acids is 3. The third-order valence-corrected chi connectivity index (χ3v) is 8.06. The van der Waals surface area contributed by atoms with Gasteiger partial charge in [-0.1, -0.05) is 42.5 Å². The molecular formula is C31H27N3O3S2. The summed E-state index contributed by atoms with van der Waals surface area (Å²) in [5, 5.41) is 7.52. The maximum atomic E-state index is 13.1. The molecule has 0 atom stereocenters. The lowest BCUT2D eigenvalue weighted by Crippen LogP contribution is -2.36. The van der Waals surface area contributed by atoms with Crippen molar-refractivity contribution in [3.63, 3.8) is 0 Å². The van der Waals surface area contributed by atoms with Crippen molar-refractivity contribution in [1.29, 1.82) is 0 Å². The fourth-order valence-corrected chi connectivity index (χ4v) is 5.74. The Morgan fingerprint density at radius 2 is 1.67 bits per heavy atom. The van der Waals surface area contributed by atoms with E-state index in [1.807, 2.05) is 58.8 Å². The topological polar surface area (TPSA) is 78.5 Å². The molecule has 196 valence electrons. The summed E-state index contributed by atoms with van der Waals surface area (Å²) in [6.45, 7) is 0.740. The van der Waals surface area contributed by atoms with E-state index in [-0.39, 0.29) is 17.5 Å². The Morgan fingerprint density at radius 3 is 2.44 bits per heavy atom. The highest BCUT2D eigenvalue weighted by Crippen LogP contribution is 2.28. The molecule has 39 heavy (non-hydrogen) atoms. The van der Waals surface area contributed by atoms with Gasteiger partial charge in [-0.15, -0.1) is 23.1 Å². The SMILES string of the molecule is O=C(Nc1ccc(SCC(=O)N2CCCc3ccccc32)cc1)/C(=C/c1cccs1)NC(=O)c1ccccc1. The molecule has 3 aromatic carbocycles. The first-order valence-corrected chi connectivity index (χ1v) is 14.5. The first kappa shape index (κ1) is 26.5. The molecule has 0 aliphatic carbocycles. The Balaban J connectivity index is 1.21. The molecule has 6 nitrogen and oxygen atoms in total. The van der Waals surface area contributed by atoms with Crippen LogP contribution in [-0.2, 0) is 16.0 Å². The van der Waals surface area contributed by atoms with Gasteiger partial charge in [0, 0.05) is 33.3 Å². The molecule has 2 heterocycles. The third-order valence-electron chi connectivity index (χ3n) is 6.24. The van der Waals surface area contributed by atoms with Gasteiger partial charge in [0.05, 0.1) is 5.75 Å². The normalized spacial score (nSPS) is 12.9. The Bertz CT molecular complexity index is 1480. The molecule has 8 heteroatoms. The summed E-state index contributed by atoms with van der Waals surface area (Å²) >= 11 is 2.94. The quantitative estimate of drug-likeness (QED) is 0.200. The van der Waals surface area contributed by atoms with Crippen molar-refractivity contribution in [3.05, 3.63) is 118 Å². The zero-order valence-corrected chi connectivity index (χ0v) is 22.8. The molecule has 0 bridgehead atoms. The molecule has 0 radical (unpaired) electrons. The van der Waals surface area contributed by atoms with Gasteiger partial charge in [0.15, 0.2) is 0 Å². The number of amides is 3. The summed E-state index contributed by atoms with van der Waals surface area (Å²) in [6, 6.07) is 28.0. The summed E-state index contributed by atoms with van der Waals surface area (Å²) < 4.78 is 0. The predicted octanol–water partition coefficient (Wildman–Crippen LogP) is 6.23. The van der Waals surface area contributed by atoms with Crippen LogP contribution in [0.3, 0.4) is 0 Å². The predicted molar refractivity (Wildman–Crippen MR) is 159 cm³/mol. The summed E-state index contributed by atoms with van der Waals surface area (Å²) in [7, 11) is 0. The number of hydrogen-bond acceptors (Lipinski definition) is 5. The van der Waals surface area contributed by atoms with E-state index in [9.17, 15) is 14.4 Å². The third kappa shape index (κ3) is 6.85. The number of benzene rings is 3. The molecule has 5 rings (SSSR count). The molecule has 1 aromatic heterocycles. The van der Waals surface area contributed by atoms with Gasteiger partial charge in [0.2, 0.25) is 5.91 Å². The minimum absolute atomic E-state index is 0.0852. The number of para-hydroxylation sites is 1. The second-order valence-corrected chi connectivity index (χ2v) is 11.0. The molecule has 3 amide bonds. The van der Waals surface area contributed by atoms with Crippen molar-refractivity contribution in [1.82, 2.24) is 5.32 Å². The van der Waals surface area contributed by atoms with Crippen molar-refractivity contribution in [2.24, 2.45) is 0 Å². The number of fused-ring (bicyclic) bond motifs is 1. The van der Waals surface area contributed by atoms with Crippen LogP contribution in [-0.4, -0.2) is 30.0 Å². The summed E-state index contributed by atoms with van der Waals surface area (Å²) in [6.07, 6.45) is 3.63. The van der Waals surface area contributed by atoms with Crippen molar-refractivity contribution >= 4 is 58.3 Å². The minimum atomic E-state index is -0.424. The molecule has 2 N–H and O–H groups in total. The molecular weight excluding hydrogens is 526 g/mol. The fraction of sp³-hybridized carbons (Fsp3) is 0.129. The van der Waals surface area contributed by atoms with Crippen LogP contribution in [0.5, 0.6) is 0 Å². The van der Waals surface area contributed by atoms with E-state index in [0.29, 0.717) is 17.0 Å². The molecule has 1 aliphatic rings. The highest BCUT2D eigenvalue weighted by Gasteiger charge is 2.22. The van der Waals surface area contributed by atoms with Crippen LogP contribution in [0.1, 0.15) is 27.2 Å². The number of carbonyl (C=O) groups is 3. The lowest BCUT2D eigenvalue weighted by Gasteiger charge is -2.29. The van der Waals surface area contributed by atoms with Gasteiger partial charge in [-0.05, 0) is 78.4 Å². The van der Waals surface area contributed by atoms with E-state index in [0.717, 1.165) is 34.8 Å². The van der Waals surface area contributed by atoms with E-state index in [1.54, 1.807) is 42.5 Å². The Morgan fingerprint density at radius 1 is 0.897 bits per heavy atom. The van der Waals surface area contributed by atoms with E-state index in [4.69, 9.17) is 0 Å². The second kappa shape index (κ2) is 12.6. The lowest BCUT2D eigenvalue weighted by atomic mass is 10.0. The van der Waals surface area contributed by atoms with Crippen LogP contribution in [0, 0.1) is 0 Å². The average Bonchev–Trinajstić information content (AvgIpc) is 3.49. The fourth-order valence-electron chi connectivity index (χ4n) is 4.31. The Kier molecular flexibility index (Phi) is 8.55. The van der Waals surface area contributed by atoms with Crippen molar-refractivity contribution < 1.29 is 14.4 Å². The highest BCUT2D eigenvalue weighted by atomic mass is 32.2. The van der Waals surface area contributed by atoms with Crippen LogP contribution in [0.25, 0.3) is 6.08 Å². The first-order valence-electron chi connectivity index (χ1n) is 12.6. The van der Waals surface area contributed by atoms with Gasteiger partial charge in [-0.3, -0.25) is 14.4 Å². The Labute approximate surface area is 235 Å². The van der Waals surface area contributed by atoms with Crippen molar-refractivity contribution in [2.75, 3.05) is 22.5 Å². The van der Waals surface area contributed by atoms with Gasteiger partial charge in [-0.2, -0.15) is 0 Å². The smallest absolute Gasteiger partial charge is 0.272 e. The van der Waals surface area contributed by atoms with Crippen LogP contribution in [0.2, 0.25) is 0 Å². The summed E-state index contributed by atoms with van der Waals surface area (Å²) in [5.74, 6) is -0.366. The van der Waals surface area contributed by atoms with Crippen LogP contribution < -0.4 is 15.5 Å². The molecule has 0 fully saturated rings. The van der Waals surface area contributed by atoms with E-state index in [1.165, 1.54) is 28.7 Å². The number of nitrogens with one attached hydrogen (secondary N) is 2. The highest BCUT2D eigenvalue weighted by molar-refractivity contribution is 8.00. The number of thioether (sulfide) groups is 1. The second-order valence-electron chi connectivity index (χ2n) is 8.94. The maximum Gasteiger partial charge on any atom is 0.272 e. The summed E-state index contributed by atoms with van der Waals surface area (Å²) in [4.78, 5) is 42.5. The molecule has 0 saturated carbocycles. The maximum absolute atomic E-state index is 13.1. The van der Waals surface area contributed by atoms with Gasteiger partial charge in [0.25, 0.3) is 11.8 Å².